The van der Waals surface area contributed by atoms with E-state index in [1.54, 1.807) is 11.3 Å². The summed E-state index contributed by atoms with van der Waals surface area (Å²) in [7, 11) is 0. The molecule has 0 saturated heterocycles. The zero-order valence-electron chi connectivity index (χ0n) is 11.1. The van der Waals surface area contributed by atoms with Crippen LogP contribution in [0.15, 0.2) is 66.3 Å². The largest absolute Gasteiger partial charge is 0.308 e. The van der Waals surface area contributed by atoms with E-state index in [9.17, 15) is 0 Å². The highest BCUT2D eigenvalue weighted by atomic mass is 32.1. The first-order valence-electron chi connectivity index (χ1n) is 6.64. The molecule has 100 valence electrons. The SMILES string of the molecule is c1ccc(-c2ccc(CNCc3cncs3)cc2)cc1. The number of benzene rings is 2. The lowest BCUT2D eigenvalue weighted by molar-refractivity contribution is 0.700. The molecular weight excluding hydrogens is 264 g/mol. The summed E-state index contributed by atoms with van der Waals surface area (Å²) in [4.78, 5) is 5.34. The lowest BCUT2D eigenvalue weighted by Crippen LogP contribution is -2.11. The van der Waals surface area contributed by atoms with E-state index in [2.05, 4.69) is 58.8 Å². The molecule has 2 aromatic carbocycles. The minimum absolute atomic E-state index is 0.880. The van der Waals surface area contributed by atoms with Crippen LogP contribution >= 0.6 is 11.3 Å². The second-order valence-electron chi connectivity index (χ2n) is 4.63. The van der Waals surface area contributed by atoms with E-state index in [0.717, 1.165) is 13.1 Å². The third-order valence-electron chi connectivity index (χ3n) is 3.17. The Morgan fingerprint density at radius 3 is 2.30 bits per heavy atom. The Morgan fingerprint density at radius 1 is 0.850 bits per heavy atom. The van der Waals surface area contributed by atoms with Crippen LogP contribution in [0.4, 0.5) is 0 Å². The molecule has 0 bridgehead atoms. The molecule has 3 heteroatoms. The molecule has 20 heavy (non-hydrogen) atoms. The van der Waals surface area contributed by atoms with Crippen LogP contribution in [0, 0.1) is 0 Å². The Bertz CT molecular complexity index is 631. The first-order chi connectivity index (χ1) is 9.92. The second kappa shape index (κ2) is 6.46. The van der Waals surface area contributed by atoms with Crippen LogP contribution in [0.3, 0.4) is 0 Å². The van der Waals surface area contributed by atoms with Crippen molar-refractivity contribution in [1.29, 1.82) is 0 Å². The molecule has 0 amide bonds. The average molecular weight is 280 g/mol. The van der Waals surface area contributed by atoms with Gasteiger partial charge in [0.1, 0.15) is 0 Å². The molecule has 0 fully saturated rings. The Labute approximate surface area is 123 Å². The summed E-state index contributed by atoms with van der Waals surface area (Å²) < 4.78 is 0. The maximum atomic E-state index is 4.07. The highest BCUT2D eigenvalue weighted by Crippen LogP contribution is 2.19. The van der Waals surface area contributed by atoms with Gasteiger partial charge < -0.3 is 5.32 Å². The van der Waals surface area contributed by atoms with Gasteiger partial charge in [0.15, 0.2) is 0 Å². The molecule has 0 aliphatic carbocycles. The van der Waals surface area contributed by atoms with E-state index < -0.39 is 0 Å². The van der Waals surface area contributed by atoms with Crippen molar-refractivity contribution in [2.75, 3.05) is 0 Å². The predicted molar refractivity (Wildman–Crippen MR) is 84.5 cm³/mol. The van der Waals surface area contributed by atoms with E-state index in [1.807, 2.05) is 17.8 Å². The average Bonchev–Trinajstić information content (AvgIpc) is 3.02. The van der Waals surface area contributed by atoms with E-state index in [4.69, 9.17) is 0 Å². The van der Waals surface area contributed by atoms with Gasteiger partial charge in [-0.05, 0) is 16.7 Å². The summed E-state index contributed by atoms with van der Waals surface area (Å²) in [6, 6.07) is 19.2. The minimum atomic E-state index is 0.880. The topological polar surface area (TPSA) is 24.9 Å². The summed E-state index contributed by atoms with van der Waals surface area (Å²) in [6.07, 6.45) is 1.91. The quantitative estimate of drug-likeness (QED) is 0.761. The van der Waals surface area contributed by atoms with Gasteiger partial charge in [-0.2, -0.15) is 0 Å². The third-order valence-corrected chi connectivity index (χ3v) is 3.95. The molecule has 1 aromatic heterocycles. The van der Waals surface area contributed by atoms with Crippen LogP contribution in [0.25, 0.3) is 11.1 Å². The number of thiazole rings is 1. The summed E-state index contributed by atoms with van der Waals surface area (Å²) >= 11 is 1.68. The van der Waals surface area contributed by atoms with E-state index in [0.29, 0.717) is 0 Å². The highest BCUT2D eigenvalue weighted by Gasteiger charge is 1.98. The monoisotopic (exact) mass is 280 g/mol. The third kappa shape index (κ3) is 3.32. The van der Waals surface area contributed by atoms with E-state index in [-0.39, 0.29) is 0 Å². The number of nitrogens with zero attached hydrogens (tertiary/aromatic N) is 1. The number of nitrogens with one attached hydrogen (secondary N) is 1. The van der Waals surface area contributed by atoms with Gasteiger partial charge in [-0.1, -0.05) is 54.6 Å². The molecule has 0 aliphatic rings. The van der Waals surface area contributed by atoms with Crippen molar-refractivity contribution < 1.29 is 0 Å². The van der Waals surface area contributed by atoms with Crippen molar-refractivity contribution in [3.63, 3.8) is 0 Å². The number of hydrogen-bond acceptors (Lipinski definition) is 3. The minimum Gasteiger partial charge on any atom is -0.308 e. The normalized spacial score (nSPS) is 10.6. The van der Waals surface area contributed by atoms with Gasteiger partial charge in [-0.15, -0.1) is 11.3 Å². The highest BCUT2D eigenvalue weighted by molar-refractivity contribution is 7.09. The smallest absolute Gasteiger partial charge is 0.0794 e. The zero-order chi connectivity index (χ0) is 13.6. The molecular formula is C17H16N2S. The Kier molecular flexibility index (Phi) is 4.21. The van der Waals surface area contributed by atoms with Crippen molar-refractivity contribution in [2.45, 2.75) is 13.1 Å². The molecule has 3 aromatic rings. The fourth-order valence-electron chi connectivity index (χ4n) is 2.11. The number of hydrogen-bond donors (Lipinski definition) is 1. The molecule has 0 saturated carbocycles. The van der Waals surface area contributed by atoms with Crippen molar-refractivity contribution in [1.82, 2.24) is 10.3 Å². The van der Waals surface area contributed by atoms with Crippen molar-refractivity contribution in [3.8, 4) is 11.1 Å². The molecule has 0 aliphatic heterocycles. The van der Waals surface area contributed by atoms with Crippen LogP contribution in [-0.4, -0.2) is 4.98 Å². The van der Waals surface area contributed by atoms with Gasteiger partial charge in [0, 0.05) is 24.2 Å². The number of rotatable bonds is 5. The van der Waals surface area contributed by atoms with Gasteiger partial charge in [-0.3, -0.25) is 4.98 Å². The molecule has 1 N–H and O–H groups in total. The zero-order valence-corrected chi connectivity index (χ0v) is 11.9. The summed E-state index contributed by atoms with van der Waals surface area (Å²) in [5, 5.41) is 3.43. The van der Waals surface area contributed by atoms with Gasteiger partial charge >= 0.3 is 0 Å². The Balaban J connectivity index is 1.59. The van der Waals surface area contributed by atoms with Gasteiger partial charge in [-0.25, -0.2) is 0 Å². The Hall–Kier alpha value is -1.97. The molecule has 0 atom stereocenters. The van der Waals surface area contributed by atoms with E-state index >= 15 is 0 Å². The van der Waals surface area contributed by atoms with Gasteiger partial charge in [0.05, 0.1) is 5.51 Å². The molecule has 0 radical (unpaired) electrons. The maximum Gasteiger partial charge on any atom is 0.0794 e. The molecule has 0 spiro atoms. The lowest BCUT2D eigenvalue weighted by atomic mass is 10.0. The van der Waals surface area contributed by atoms with Gasteiger partial charge in [0.25, 0.3) is 0 Å². The second-order valence-corrected chi connectivity index (χ2v) is 5.61. The summed E-state index contributed by atoms with van der Waals surface area (Å²) in [5.41, 5.74) is 5.69. The standard InChI is InChI=1S/C17H16N2S/c1-2-4-15(5-3-1)16-8-6-14(7-9-16)10-18-11-17-12-19-13-20-17/h1-9,12-13,18H,10-11H2. The fourth-order valence-corrected chi connectivity index (χ4v) is 2.67. The fraction of sp³-hybridized carbons (Fsp3) is 0.118. The summed E-state index contributed by atoms with van der Waals surface area (Å²) in [6.45, 7) is 1.76. The van der Waals surface area contributed by atoms with Crippen LogP contribution in [0.2, 0.25) is 0 Å². The van der Waals surface area contributed by atoms with E-state index in [1.165, 1.54) is 21.6 Å². The predicted octanol–water partition coefficient (Wildman–Crippen LogP) is 4.10. The lowest BCUT2D eigenvalue weighted by Gasteiger charge is -2.05. The molecule has 1 heterocycles. The van der Waals surface area contributed by atoms with Gasteiger partial charge in [0.2, 0.25) is 0 Å². The molecule has 0 unspecified atom stereocenters. The van der Waals surface area contributed by atoms with Crippen LogP contribution in [0.1, 0.15) is 10.4 Å². The molecule has 3 rings (SSSR count). The first-order valence-corrected chi connectivity index (χ1v) is 7.52. The summed E-state index contributed by atoms with van der Waals surface area (Å²) in [5.74, 6) is 0. The van der Waals surface area contributed by atoms with Crippen LogP contribution in [-0.2, 0) is 13.1 Å². The van der Waals surface area contributed by atoms with Crippen LogP contribution in [0.5, 0.6) is 0 Å². The van der Waals surface area contributed by atoms with Crippen molar-refractivity contribution in [2.24, 2.45) is 0 Å². The van der Waals surface area contributed by atoms with Crippen LogP contribution < -0.4 is 5.32 Å². The van der Waals surface area contributed by atoms with Crippen molar-refractivity contribution in [3.05, 3.63) is 76.7 Å². The first kappa shape index (κ1) is 13.0. The Morgan fingerprint density at radius 2 is 1.60 bits per heavy atom. The molecule has 2 nitrogen and oxygen atoms in total. The maximum absolute atomic E-state index is 4.07. The number of aromatic nitrogens is 1. The van der Waals surface area contributed by atoms with Crippen molar-refractivity contribution >= 4 is 11.3 Å².